The van der Waals surface area contributed by atoms with Crippen LogP contribution in [-0.2, 0) is 14.3 Å². The number of rotatable bonds is 6. The van der Waals surface area contributed by atoms with E-state index in [2.05, 4.69) is 10.6 Å². The smallest absolute Gasteiger partial charge is 0.306 e. The largest absolute Gasteiger partial charge is 0.466 e. The SMILES string of the molecule is CCNC(=O)CC1(CC(=O)OCC)CCNCC1.Cl. The summed E-state index contributed by atoms with van der Waals surface area (Å²) in [6, 6.07) is 0. The van der Waals surface area contributed by atoms with Crippen molar-refractivity contribution in [1.82, 2.24) is 10.6 Å². The fourth-order valence-corrected chi connectivity index (χ4v) is 2.49. The minimum absolute atomic E-state index is 0. The van der Waals surface area contributed by atoms with Gasteiger partial charge in [-0.05, 0) is 45.2 Å². The Morgan fingerprint density at radius 2 is 1.84 bits per heavy atom. The highest BCUT2D eigenvalue weighted by molar-refractivity contribution is 5.85. The Morgan fingerprint density at radius 1 is 1.21 bits per heavy atom. The van der Waals surface area contributed by atoms with E-state index in [1.54, 1.807) is 6.92 Å². The normalized spacial score (nSPS) is 17.2. The third kappa shape index (κ3) is 6.25. The van der Waals surface area contributed by atoms with Gasteiger partial charge in [-0.3, -0.25) is 9.59 Å². The minimum Gasteiger partial charge on any atom is -0.466 e. The average molecular weight is 293 g/mol. The summed E-state index contributed by atoms with van der Waals surface area (Å²) in [7, 11) is 0. The van der Waals surface area contributed by atoms with Crippen LogP contribution in [0.25, 0.3) is 0 Å². The molecule has 0 aromatic rings. The average Bonchev–Trinajstić information content (AvgIpc) is 2.30. The summed E-state index contributed by atoms with van der Waals surface area (Å²) in [6.07, 6.45) is 2.47. The van der Waals surface area contributed by atoms with Crippen LogP contribution in [0.3, 0.4) is 0 Å². The van der Waals surface area contributed by atoms with E-state index in [-0.39, 0.29) is 29.7 Å². The first kappa shape index (κ1) is 18.2. The van der Waals surface area contributed by atoms with E-state index in [9.17, 15) is 9.59 Å². The van der Waals surface area contributed by atoms with Gasteiger partial charge in [-0.1, -0.05) is 0 Å². The van der Waals surface area contributed by atoms with Gasteiger partial charge in [0, 0.05) is 13.0 Å². The van der Waals surface area contributed by atoms with Crippen LogP contribution in [0.2, 0.25) is 0 Å². The van der Waals surface area contributed by atoms with Crippen molar-refractivity contribution in [2.75, 3.05) is 26.2 Å². The van der Waals surface area contributed by atoms with Crippen molar-refractivity contribution in [3.8, 4) is 0 Å². The summed E-state index contributed by atoms with van der Waals surface area (Å²) in [5.41, 5.74) is -0.225. The molecule has 0 radical (unpaired) electrons. The van der Waals surface area contributed by atoms with Crippen LogP contribution in [-0.4, -0.2) is 38.1 Å². The van der Waals surface area contributed by atoms with Crippen LogP contribution in [0.15, 0.2) is 0 Å². The maximum Gasteiger partial charge on any atom is 0.306 e. The molecule has 0 spiro atoms. The first-order valence-corrected chi connectivity index (χ1v) is 6.75. The van der Waals surface area contributed by atoms with Gasteiger partial charge < -0.3 is 15.4 Å². The van der Waals surface area contributed by atoms with Crippen LogP contribution in [0.1, 0.15) is 39.5 Å². The van der Waals surface area contributed by atoms with Crippen molar-refractivity contribution < 1.29 is 14.3 Å². The fourth-order valence-electron chi connectivity index (χ4n) is 2.49. The van der Waals surface area contributed by atoms with Crippen molar-refractivity contribution in [2.45, 2.75) is 39.5 Å². The summed E-state index contributed by atoms with van der Waals surface area (Å²) >= 11 is 0. The van der Waals surface area contributed by atoms with Gasteiger partial charge in [-0.25, -0.2) is 0 Å². The second kappa shape index (κ2) is 9.15. The van der Waals surface area contributed by atoms with E-state index in [1.807, 2.05) is 6.92 Å². The van der Waals surface area contributed by atoms with Gasteiger partial charge in [0.05, 0.1) is 13.0 Å². The summed E-state index contributed by atoms with van der Waals surface area (Å²) in [4.78, 5) is 23.5. The number of carbonyl (C=O) groups excluding carboxylic acids is 2. The van der Waals surface area contributed by atoms with Crippen molar-refractivity contribution in [3.63, 3.8) is 0 Å². The number of nitrogens with one attached hydrogen (secondary N) is 2. The standard InChI is InChI=1S/C13H24N2O3.ClH/c1-3-15-11(16)9-13(5-7-14-8-6-13)10-12(17)18-4-2;/h14H,3-10H2,1-2H3,(H,15,16);1H. The molecule has 1 amide bonds. The molecule has 1 aliphatic heterocycles. The summed E-state index contributed by atoms with van der Waals surface area (Å²) < 4.78 is 5.02. The Balaban J connectivity index is 0.00000324. The predicted molar refractivity (Wildman–Crippen MR) is 76.3 cm³/mol. The van der Waals surface area contributed by atoms with E-state index in [0.717, 1.165) is 25.9 Å². The van der Waals surface area contributed by atoms with Gasteiger partial charge in [0.25, 0.3) is 0 Å². The zero-order valence-corrected chi connectivity index (χ0v) is 12.6. The van der Waals surface area contributed by atoms with E-state index >= 15 is 0 Å². The molecule has 0 aromatic heterocycles. The molecule has 2 N–H and O–H groups in total. The molecule has 0 saturated carbocycles. The van der Waals surface area contributed by atoms with Crippen molar-refractivity contribution in [3.05, 3.63) is 0 Å². The monoisotopic (exact) mass is 292 g/mol. The highest BCUT2D eigenvalue weighted by atomic mass is 35.5. The van der Waals surface area contributed by atoms with Gasteiger partial charge in [-0.15, -0.1) is 12.4 Å². The van der Waals surface area contributed by atoms with Gasteiger partial charge in [0.2, 0.25) is 5.91 Å². The van der Waals surface area contributed by atoms with Gasteiger partial charge in [0.15, 0.2) is 0 Å². The molecule has 19 heavy (non-hydrogen) atoms. The molecule has 1 fully saturated rings. The van der Waals surface area contributed by atoms with E-state index in [0.29, 0.717) is 26.0 Å². The molecule has 0 aromatic carbocycles. The molecular weight excluding hydrogens is 268 g/mol. The highest BCUT2D eigenvalue weighted by Gasteiger charge is 2.36. The maximum absolute atomic E-state index is 11.8. The Hall–Kier alpha value is -0.810. The molecule has 1 aliphatic rings. The first-order valence-electron chi connectivity index (χ1n) is 6.75. The second-order valence-electron chi connectivity index (χ2n) is 4.86. The van der Waals surface area contributed by atoms with Gasteiger partial charge in [-0.2, -0.15) is 0 Å². The van der Waals surface area contributed by atoms with Crippen LogP contribution in [0.4, 0.5) is 0 Å². The zero-order valence-electron chi connectivity index (χ0n) is 11.8. The molecule has 0 atom stereocenters. The van der Waals surface area contributed by atoms with Crippen molar-refractivity contribution >= 4 is 24.3 Å². The van der Waals surface area contributed by atoms with Crippen LogP contribution in [0, 0.1) is 5.41 Å². The molecule has 0 unspecified atom stereocenters. The molecule has 5 nitrogen and oxygen atoms in total. The number of esters is 1. The minimum atomic E-state index is -0.225. The topological polar surface area (TPSA) is 67.4 Å². The van der Waals surface area contributed by atoms with E-state index < -0.39 is 0 Å². The summed E-state index contributed by atoms with van der Waals surface area (Å²) in [6.45, 7) is 6.45. The number of hydrogen-bond donors (Lipinski definition) is 2. The second-order valence-corrected chi connectivity index (χ2v) is 4.86. The lowest BCUT2D eigenvalue weighted by molar-refractivity contribution is -0.147. The summed E-state index contributed by atoms with van der Waals surface area (Å²) in [5, 5.41) is 6.08. The van der Waals surface area contributed by atoms with E-state index in [4.69, 9.17) is 4.74 Å². The molecule has 112 valence electrons. The molecule has 0 bridgehead atoms. The number of carbonyl (C=O) groups is 2. The lowest BCUT2D eigenvalue weighted by Gasteiger charge is -2.36. The third-order valence-electron chi connectivity index (χ3n) is 3.40. The molecule has 1 rings (SSSR count). The number of hydrogen-bond acceptors (Lipinski definition) is 4. The van der Waals surface area contributed by atoms with Gasteiger partial charge in [0.1, 0.15) is 0 Å². The summed E-state index contributed by atoms with van der Waals surface area (Å²) in [5.74, 6) is -0.160. The Morgan fingerprint density at radius 3 is 2.37 bits per heavy atom. The van der Waals surface area contributed by atoms with E-state index in [1.165, 1.54) is 0 Å². The number of halogens is 1. The Kier molecular flexibility index (Phi) is 8.76. The quantitative estimate of drug-likeness (QED) is 0.723. The van der Waals surface area contributed by atoms with Crippen LogP contribution >= 0.6 is 12.4 Å². The molecule has 0 aliphatic carbocycles. The molecule has 1 heterocycles. The lowest BCUT2D eigenvalue weighted by atomic mass is 9.73. The number of piperidine rings is 1. The number of amides is 1. The predicted octanol–water partition coefficient (Wildman–Crippen LogP) is 1.26. The zero-order chi connectivity index (χ0) is 13.4. The van der Waals surface area contributed by atoms with Crippen molar-refractivity contribution in [1.29, 1.82) is 0 Å². The molecule has 6 heteroatoms. The number of ether oxygens (including phenoxy) is 1. The van der Waals surface area contributed by atoms with Crippen LogP contribution < -0.4 is 10.6 Å². The molecular formula is C13H25ClN2O3. The first-order chi connectivity index (χ1) is 8.62. The van der Waals surface area contributed by atoms with Crippen molar-refractivity contribution in [2.24, 2.45) is 5.41 Å². The third-order valence-corrected chi connectivity index (χ3v) is 3.40. The lowest BCUT2D eigenvalue weighted by Crippen LogP contribution is -2.42. The maximum atomic E-state index is 11.8. The Bertz CT molecular complexity index is 270. The fraction of sp³-hybridized carbons (Fsp3) is 0.846. The Labute approximate surface area is 121 Å². The molecule has 1 saturated heterocycles. The van der Waals surface area contributed by atoms with Gasteiger partial charge >= 0.3 is 5.97 Å². The van der Waals surface area contributed by atoms with Crippen LogP contribution in [0.5, 0.6) is 0 Å². The highest BCUT2D eigenvalue weighted by Crippen LogP contribution is 2.36.